The van der Waals surface area contributed by atoms with Gasteiger partial charge in [0, 0.05) is 5.02 Å². The average Bonchev–Trinajstić information content (AvgIpc) is 2.41. The summed E-state index contributed by atoms with van der Waals surface area (Å²) in [5.74, 6) is -0.533. The minimum Gasteiger partial charge on any atom is -0.466 e. The predicted octanol–water partition coefficient (Wildman–Crippen LogP) is 3.54. The Morgan fingerprint density at radius 3 is 2.70 bits per heavy atom. The molecule has 4 nitrogen and oxygen atoms in total. The van der Waals surface area contributed by atoms with Crippen molar-refractivity contribution < 1.29 is 19.1 Å². The molecule has 1 aromatic carbocycles. The lowest BCUT2D eigenvalue weighted by Crippen LogP contribution is -2.12. The molecule has 0 aliphatic rings. The van der Waals surface area contributed by atoms with Crippen LogP contribution in [0.4, 0.5) is 0 Å². The highest BCUT2D eigenvalue weighted by molar-refractivity contribution is 6.30. The van der Waals surface area contributed by atoms with Crippen molar-refractivity contribution in [2.45, 2.75) is 25.7 Å². The zero-order chi connectivity index (χ0) is 14.8. The number of carbonyl (C=O) groups excluding carboxylic acids is 2. The molecule has 0 heterocycles. The van der Waals surface area contributed by atoms with Crippen molar-refractivity contribution in [1.82, 2.24) is 0 Å². The van der Waals surface area contributed by atoms with Gasteiger partial charge in [-0.3, -0.25) is 9.59 Å². The van der Waals surface area contributed by atoms with E-state index in [2.05, 4.69) is 6.58 Å². The van der Waals surface area contributed by atoms with Gasteiger partial charge in [0.15, 0.2) is 0 Å². The molecule has 5 heteroatoms. The first kappa shape index (κ1) is 16.2. The zero-order valence-electron chi connectivity index (χ0n) is 11.1. The van der Waals surface area contributed by atoms with E-state index in [4.69, 9.17) is 21.1 Å². The second-order valence-electron chi connectivity index (χ2n) is 4.08. The van der Waals surface area contributed by atoms with Crippen LogP contribution in [0.15, 0.2) is 36.9 Å². The van der Waals surface area contributed by atoms with Crippen molar-refractivity contribution in [3.63, 3.8) is 0 Å². The van der Waals surface area contributed by atoms with Crippen LogP contribution >= 0.6 is 11.6 Å². The molecule has 0 fully saturated rings. The van der Waals surface area contributed by atoms with Gasteiger partial charge in [-0.25, -0.2) is 0 Å². The molecule has 0 aliphatic heterocycles. The highest BCUT2D eigenvalue weighted by Crippen LogP contribution is 2.17. The standard InChI is InChI=1S/C15H17ClO4/c1-2-3-4-10-19-14(17)8-9-15(18)20-13-7-5-6-12(16)11-13/h2,5-7,11H,1,3-4,8-10H2. The molecule has 0 amide bonds. The van der Waals surface area contributed by atoms with Crippen LogP contribution in [-0.4, -0.2) is 18.5 Å². The minimum absolute atomic E-state index is 0.00743. The number of benzene rings is 1. The molecule has 108 valence electrons. The molecule has 0 aromatic heterocycles. The third-order valence-corrected chi connectivity index (χ3v) is 2.61. The van der Waals surface area contributed by atoms with Crippen LogP contribution in [0.5, 0.6) is 5.75 Å². The van der Waals surface area contributed by atoms with E-state index in [0.717, 1.165) is 12.8 Å². The number of allylic oxidation sites excluding steroid dienone is 1. The third kappa shape index (κ3) is 6.95. The van der Waals surface area contributed by atoms with Crippen molar-refractivity contribution in [1.29, 1.82) is 0 Å². The van der Waals surface area contributed by atoms with Gasteiger partial charge in [-0.2, -0.15) is 0 Å². The van der Waals surface area contributed by atoms with Gasteiger partial charge in [0.05, 0.1) is 19.4 Å². The van der Waals surface area contributed by atoms with E-state index in [0.29, 0.717) is 17.4 Å². The Bertz CT molecular complexity index is 471. The maximum atomic E-state index is 11.5. The molecule has 20 heavy (non-hydrogen) atoms. The quantitative estimate of drug-likeness (QED) is 0.319. The van der Waals surface area contributed by atoms with Crippen LogP contribution in [0.1, 0.15) is 25.7 Å². The largest absolute Gasteiger partial charge is 0.466 e. The molecule has 1 rings (SSSR count). The Hall–Kier alpha value is -1.81. The smallest absolute Gasteiger partial charge is 0.311 e. The van der Waals surface area contributed by atoms with Gasteiger partial charge in [0.2, 0.25) is 0 Å². The summed E-state index contributed by atoms with van der Waals surface area (Å²) in [6.07, 6.45) is 3.28. The number of carbonyl (C=O) groups is 2. The van der Waals surface area contributed by atoms with E-state index >= 15 is 0 Å². The van der Waals surface area contributed by atoms with E-state index in [1.54, 1.807) is 24.3 Å². The lowest BCUT2D eigenvalue weighted by Gasteiger charge is -2.05. The molecule has 0 saturated carbocycles. The van der Waals surface area contributed by atoms with Crippen LogP contribution in [0.2, 0.25) is 5.02 Å². The maximum Gasteiger partial charge on any atom is 0.311 e. The van der Waals surface area contributed by atoms with Gasteiger partial charge in [-0.05, 0) is 31.0 Å². The normalized spacial score (nSPS) is 9.85. The van der Waals surface area contributed by atoms with E-state index in [-0.39, 0.29) is 12.8 Å². The first-order valence-electron chi connectivity index (χ1n) is 6.34. The molecule has 1 aromatic rings. The summed E-state index contributed by atoms with van der Waals surface area (Å²) in [7, 11) is 0. The molecule has 0 saturated heterocycles. The fraction of sp³-hybridized carbons (Fsp3) is 0.333. The predicted molar refractivity (Wildman–Crippen MR) is 76.7 cm³/mol. The molecule has 0 bridgehead atoms. The fourth-order valence-corrected chi connectivity index (χ4v) is 1.58. The van der Waals surface area contributed by atoms with Crippen molar-refractivity contribution in [3.8, 4) is 5.75 Å². The molecular weight excluding hydrogens is 280 g/mol. The summed E-state index contributed by atoms with van der Waals surface area (Å²) in [6.45, 7) is 3.91. The van der Waals surface area contributed by atoms with Crippen molar-refractivity contribution >= 4 is 23.5 Å². The molecule has 0 unspecified atom stereocenters. The number of hydrogen-bond acceptors (Lipinski definition) is 4. The van der Waals surface area contributed by atoms with E-state index in [1.807, 2.05) is 0 Å². The summed E-state index contributed by atoms with van der Waals surface area (Å²) in [5.41, 5.74) is 0. The van der Waals surface area contributed by atoms with Crippen LogP contribution in [-0.2, 0) is 14.3 Å². The van der Waals surface area contributed by atoms with Gasteiger partial charge in [0.25, 0.3) is 0 Å². The molecule has 0 aliphatic carbocycles. The number of halogens is 1. The lowest BCUT2D eigenvalue weighted by molar-refractivity contribution is -0.147. The van der Waals surface area contributed by atoms with Crippen molar-refractivity contribution in [2.24, 2.45) is 0 Å². The van der Waals surface area contributed by atoms with Crippen LogP contribution < -0.4 is 4.74 Å². The first-order chi connectivity index (χ1) is 9.61. The fourth-order valence-electron chi connectivity index (χ4n) is 1.40. The molecule has 0 radical (unpaired) electrons. The van der Waals surface area contributed by atoms with E-state index in [9.17, 15) is 9.59 Å². The minimum atomic E-state index is -0.490. The van der Waals surface area contributed by atoms with Gasteiger partial charge in [-0.1, -0.05) is 23.7 Å². The highest BCUT2D eigenvalue weighted by Gasteiger charge is 2.10. The maximum absolute atomic E-state index is 11.5. The van der Waals surface area contributed by atoms with Crippen molar-refractivity contribution in [3.05, 3.63) is 41.9 Å². The molecular formula is C15H17ClO4. The third-order valence-electron chi connectivity index (χ3n) is 2.38. The zero-order valence-corrected chi connectivity index (χ0v) is 11.9. The van der Waals surface area contributed by atoms with Gasteiger partial charge in [0.1, 0.15) is 5.75 Å². The number of rotatable bonds is 8. The number of esters is 2. The summed E-state index contributed by atoms with van der Waals surface area (Å²) >= 11 is 5.77. The Morgan fingerprint density at radius 2 is 2.00 bits per heavy atom. The van der Waals surface area contributed by atoms with Gasteiger partial charge >= 0.3 is 11.9 Å². The summed E-state index contributed by atoms with van der Waals surface area (Å²) in [4.78, 5) is 22.9. The number of ether oxygens (including phenoxy) is 2. The monoisotopic (exact) mass is 296 g/mol. The second-order valence-corrected chi connectivity index (χ2v) is 4.52. The topological polar surface area (TPSA) is 52.6 Å². The number of unbranched alkanes of at least 4 members (excludes halogenated alkanes) is 1. The Labute approximate surface area is 123 Å². The van der Waals surface area contributed by atoms with Crippen molar-refractivity contribution in [2.75, 3.05) is 6.61 Å². The second kappa shape index (κ2) is 9.15. The molecule has 0 spiro atoms. The summed E-state index contributed by atoms with van der Waals surface area (Å²) < 4.78 is 9.99. The lowest BCUT2D eigenvalue weighted by atomic mass is 10.3. The molecule has 0 atom stereocenters. The highest BCUT2D eigenvalue weighted by atomic mass is 35.5. The Kier molecular flexibility index (Phi) is 7.43. The van der Waals surface area contributed by atoms with E-state index < -0.39 is 11.9 Å². The van der Waals surface area contributed by atoms with Crippen LogP contribution in [0.25, 0.3) is 0 Å². The Balaban J connectivity index is 2.22. The van der Waals surface area contributed by atoms with Crippen LogP contribution in [0.3, 0.4) is 0 Å². The summed E-state index contributed by atoms with van der Waals surface area (Å²) in [6, 6.07) is 6.52. The number of hydrogen-bond donors (Lipinski definition) is 0. The van der Waals surface area contributed by atoms with Gasteiger partial charge in [-0.15, -0.1) is 6.58 Å². The van der Waals surface area contributed by atoms with Crippen LogP contribution in [0, 0.1) is 0 Å². The average molecular weight is 297 g/mol. The summed E-state index contributed by atoms with van der Waals surface area (Å²) in [5, 5.41) is 0.483. The molecule has 0 N–H and O–H groups in total. The van der Waals surface area contributed by atoms with E-state index in [1.165, 1.54) is 6.07 Å². The Morgan fingerprint density at radius 1 is 1.25 bits per heavy atom. The first-order valence-corrected chi connectivity index (χ1v) is 6.72. The SMILES string of the molecule is C=CCCCOC(=O)CCC(=O)Oc1cccc(Cl)c1. The van der Waals surface area contributed by atoms with Gasteiger partial charge < -0.3 is 9.47 Å².